The van der Waals surface area contributed by atoms with E-state index in [0.717, 1.165) is 5.01 Å². The van der Waals surface area contributed by atoms with Crippen molar-refractivity contribution in [2.45, 2.75) is 6.18 Å². The molecule has 0 saturated heterocycles. The van der Waals surface area contributed by atoms with Crippen LogP contribution >= 0.6 is 0 Å². The molecule has 1 rings (SSSR count). The van der Waals surface area contributed by atoms with Crippen LogP contribution in [0.25, 0.3) is 0 Å². The van der Waals surface area contributed by atoms with Crippen molar-refractivity contribution in [3.63, 3.8) is 0 Å². The van der Waals surface area contributed by atoms with Crippen LogP contribution in [0.5, 0.6) is 0 Å². The number of halogens is 3. The van der Waals surface area contributed by atoms with Crippen LogP contribution in [0.3, 0.4) is 0 Å². The van der Waals surface area contributed by atoms with Crippen molar-refractivity contribution >= 4 is 5.95 Å². The standard InChI is InChI=1S/C7H13F3N6/c1-15(2)3-4-16(11)6-12-5(13-14-6)7(8,9)10/h3-4,11H2,1-2H3,(H,12,13,14). The van der Waals surface area contributed by atoms with Crippen LogP contribution in [0, 0.1) is 0 Å². The molecular formula is C7H13F3N6. The molecule has 1 aromatic rings. The molecule has 0 saturated carbocycles. The van der Waals surface area contributed by atoms with Gasteiger partial charge < -0.3 is 4.90 Å². The molecule has 0 unspecified atom stereocenters. The van der Waals surface area contributed by atoms with Gasteiger partial charge in [0.05, 0.1) is 6.54 Å². The lowest BCUT2D eigenvalue weighted by Gasteiger charge is -2.16. The number of nitrogens with zero attached hydrogens (tertiary/aromatic N) is 4. The highest BCUT2D eigenvalue weighted by Crippen LogP contribution is 2.26. The lowest BCUT2D eigenvalue weighted by Crippen LogP contribution is -2.37. The minimum atomic E-state index is -4.53. The fourth-order valence-electron chi connectivity index (χ4n) is 0.916. The summed E-state index contributed by atoms with van der Waals surface area (Å²) in [7, 11) is 3.65. The maximum absolute atomic E-state index is 12.2. The van der Waals surface area contributed by atoms with Crippen molar-refractivity contribution in [2.75, 3.05) is 32.2 Å². The largest absolute Gasteiger partial charge is 0.451 e. The van der Waals surface area contributed by atoms with Crippen molar-refractivity contribution in [1.82, 2.24) is 20.1 Å². The van der Waals surface area contributed by atoms with Crippen molar-refractivity contribution in [3.05, 3.63) is 5.82 Å². The number of rotatable bonds is 4. The second-order valence-corrected chi connectivity index (χ2v) is 3.48. The van der Waals surface area contributed by atoms with E-state index in [2.05, 4.69) is 10.1 Å². The number of hydrazine groups is 1. The van der Waals surface area contributed by atoms with Gasteiger partial charge in [0.1, 0.15) is 0 Å². The second kappa shape index (κ2) is 4.66. The molecule has 0 aromatic carbocycles. The number of alkyl halides is 3. The van der Waals surface area contributed by atoms with Gasteiger partial charge in [-0.3, -0.25) is 10.1 Å². The summed E-state index contributed by atoms with van der Waals surface area (Å²) in [6, 6.07) is 0. The third-order valence-electron chi connectivity index (χ3n) is 1.79. The van der Waals surface area contributed by atoms with Crippen molar-refractivity contribution in [3.8, 4) is 0 Å². The van der Waals surface area contributed by atoms with E-state index in [0.29, 0.717) is 13.1 Å². The Morgan fingerprint density at radius 2 is 1.94 bits per heavy atom. The van der Waals surface area contributed by atoms with Gasteiger partial charge in [-0.25, -0.2) is 5.84 Å². The first-order valence-electron chi connectivity index (χ1n) is 4.47. The zero-order chi connectivity index (χ0) is 12.3. The average Bonchev–Trinajstić information content (AvgIpc) is 2.61. The Morgan fingerprint density at radius 3 is 2.38 bits per heavy atom. The first-order chi connectivity index (χ1) is 7.30. The lowest BCUT2D eigenvalue weighted by atomic mass is 10.5. The van der Waals surface area contributed by atoms with Gasteiger partial charge in [-0.15, -0.1) is 5.10 Å². The zero-order valence-corrected chi connectivity index (χ0v) is 8.91. The summed E-state index contributed by atoms with van der Waals surface area (Å²) < 4.78 is 36.5. The topological polar surface area (TPSA) is 74.1 Å². The first kappa shape index (κ1) is 12.7. The monoisotopic (exact) mass is 238 g/mol. The van der Waals surface area contributed by atoms with Gasteiger partial charge >= 0.3 is 6.18 Å². The summed E-state index contributed by atoms with van der Waals surface area (Å²) in [4.78, 5) is 5.09. The van der Waals surface area contributed by atoms with Gasteiger partial charge in [0, 0.05) is 6.54 Å². The molecule has 0 fully saturated rings. The van der Waals surface area contributed by atoms with E-state index in [9.17, 15) is 13.2 Å². The second-order valence-electron chi connectivity index (χ2n) is 3.48. The maximum atomic E-state index is 12.2. The van der Waals surface area contributed by atoms with Gasteiger partial charge in [-0.2, -0.15) is 18.2 Å². The van der Waals surface area contributed by atoms with Crippen molar-refractivity contribution in [1.29, 1.82) is 0 Å². The molecule has 3 N–H and O–H groups in total. The van der Waals surface area contributed by atoms with Crippen LogP contribution in [0.15, 0.2) is 0 Å². The normalized spacial score (nSPS) is 12.2. The Bertz CT molecular complexity index is 333. The van der Waals surface area contributed by atoms with Crippen LogP contribution in [0.1, 0.15) is 5.82 Å². The highest BCUT2D eigenvalue weighted by molar-refractivity contribution is 5.25. The Labute approximate surface area is 90.2 Å². The Balaban J connectivity index is 2.63. The molecule has 0 amide bonds. The SMILES string of the molecule is CN(C)CCN(N)c1n[nH]c(C(F)(F)F)n1. The predicted molar refractivity (Wildman–Crippen MR) is 51.5 cm³/mol. The number of hydrogen-bond acceptors (Lipinski definition) is 5. The van der Waals surface area contributed by atoms with Gasteiger partial charge in [0.15, 0.2) is 0 Å². The molecule has 1 heterocycles. The maximum Gasteiger partial charge on any atom is 0.451 e. The molecule has 6 nitrogen and oxygen atoms in total. The third-order valence-corrected chi connectivity index (χ3v) is 1.79. The van der Waals surface area contributed by atoms with E-state index < -0.39 is 12.0 Å². The van der Waals surface area contributed by atoms with Crippen LogP contribution in [0.2, 0.25) is 0 Å². The van der Waals surface area contributed by atoms with E-state index in [1.807, 2.05) is 19.0 Å². The number of anilines is 1. The average molecular weight is 238 g/mol. The van der Waals surface area contributed by atoms with Crippen LogP contribution in [0.4, 0.5) is 19.1 Å². The molecule has 0 aliphatic heterocycles. The number of aromatic amines is 1. The Kier molecular flexibility index (Phi) is 3.70. The number of likely N-dealkylation sites (N-methyl/N-ethyl adjacent to an activating group) is 1. The number of aromatic nitrogens is 3. The molecular weight excluding hydrogens is 225 g/mol. The minimum Gasteiger partial charge on any atom is -0.308 e. The zero-order valence-electron chi connectivity index (χ0n) is 8.91. The summed E-state index contributed by atoms with van der Waals surface area (Å²) in [5.41, 5.74) is 0. The molecule has 0 aliphatic carbocycles. The van der Waals surface area contributed by atoms with Crippen molar-refractivity contribution < 1.29 is 13.2 Å². The summed E-state index contributed by atoms with van der Waals surface area (Å²) in [6.45, 7) is 0.925. The van der Waals surface area contributed by atoms with Gasteiger partial charge in [0.2, 0.25) is 5.82 Å². The number of nitrogens with one attached hydrogen (secondary N) is 1. The van der Waals surface area contributed by atoms with Crippen LogP contribution in [-0.4, -0.2) is 47.3 Å². The minimum absolute atomic E-state index is 0.172. The van der Waals surface area contributed by atoms with Gasteiger partial charge in [-0.1, -0.05) is 0 Å². The summed E-state index contributed by atoms with van der Waals surface area (Å²) in [5.74, 6) is 4.17. The van der Waals surface area contributed by atoms with Crippen LogP contribution < -0.4 is 10.9 Å². The first-order valence-corrected chi connectivity index (χ1v) is 4.47. The Hall–Kier alpha value is -1.35. The van der Waals surface area contributed by atoms with E-state index >= 15 is 0 Å². The third kappa shape index (κ3) is 3.35. The van der Waals surface area contributed by atoms with E-state index in [1.54, 1.807) is 5.10 Å². The lowest BCUT2D eigenvalue weighted by molar-refractivity contribution is -0.144. The molecule has 0 aliphatic rings. The molecule has 16 heavy (non-hydrogen) atoms. The molecule has 1 aromatic heterocycles. The fraction of sp³-hybridized carbons (Fsp3) is 0.714. The molecule has 0 spiro atoms. The quantitative estimate of drug-likeness (QED) is 0.573. The number of nitrogens with two attached hydrogens (primary N) is 1. The van der Waals surface area contributed by atoms with E-state index in [1.165, 1.54) is 0 Å². The van der Waals surface area contributed by atoms with Gasteiger partial charge in [0.25, 0.3) is 5.95 Å². The molecule has 0 radical (unpaired) electrons. The summed E-state index contributed by atoms with van der Waals surface area (Å²) in [6.07, 6.45) is -4.53. The summed E-state index contributed by atoms with van der Waals surface area (Å²) in [5, 5.41) is 6.24. The Morgan fingerprint density at radius 1 is 1.31 bits per heavy atom. The van der Waals surface area contributed by atoms with Crippen molar-refractivity contribution in [2.24, 2.45) is 5.84 Å². The summed E-state index contributed by atoms with van der Waals surface area (Å²) >= 11 is 0. The molecule has 0 atom stereocenters. The molecule has 92 valence electrons. The highest BCUT2D eigenvalue weighted by atomic mass is 19.4. The smallest absolute Gasteiger partial charge is 0.308 e. The van der Waals surface area contributed by atoms with Crippen LogP contribution in [-0.2, 0) is 6.18 Å². The van der Waals surface area contributed by atoms with Gasteiger partial charge in [-0.05, 0) is 14.1 Å². The van der Waals surface area contributed by atoms with E-state index in [-0.39, 0.29) is 5.95 Å². The fourth-order valence-corrected chi connectivity index (χ4v) is 0.916. The number of H-pyrrole nitrogens is 1. The van der Waals surface area contributed by atoms with E-state index in [4.69, 9.17) is 5.84 Å². The predicted octanol–water partition coefficient (Wildman–Crippen LogP) is 0.0652. The highest BCUT2D eigenvalue weighted by Gasteiger charge is 2.35. The molecule has 0 bridgehead atoms. The molecule has 9 heteroatoms. The number of hydrogen-bond donors (Lipinski definition) is 2.